The normalized spacial score (nSPS) is 15.4. The summed E-state index contributed by atoms with van der Waals surface area (Å²) in [5.41, 5.74) is 4.61. The second-order valence-electron chi connectivity index (χ2n) is 9.60. The number of aromatic nitrogens is 1. The summed E-state index contributed by atoms with van der Waals surface area (Å²) >= 11 is 0. The third-order valence-corrected chi connectivity index (χ3v) is 6.34. The summed E-state index contributed by atoms with van der Waals surface area (Å²) in [6.45, 7) is 4.25. The molecule has 1 aliphatic rings. The van der Waals surface area contributed by atoms with E-state index in [2.05, 4.69) is 18.4 Å². The van der Waals surface area contributed by atoms with Crippen LogP contribution in [0.2, 0.25) is 0 Å². The second kappa shape index (κ2) is 8.79. The van der Waals surface area contributed by atoms with Crippen LogP contribution in [-0.4, -0.2) is 16.3 Å². The average Bonchev–Trinajstić information content (AvgIpc) is 3.22. The first kappa shape index (κ1) is 21.9. The fraction of sp³-hybridized carbons (Fsp3) is 0.200. The summed E-state index contributed by atoms with van der Waals surface area (Å²) in [4.78, 5) is 26.3. The second-order valence-corrected chi connectivity index (χ2v) is 9.60. The largest absolute Gasteiger partial charge is 0.447 e. The van der Waals surface area contributed by atoms with E-state index in [1.807, 2.05) is 84.9 Å². The molecule has 1 aromatic heterocycles. The van der Waals surface area contributed by atoms with Crippen molar-refractivity contribution in [3.63, 3.8) is 0 Å². The number of Topliss-reactive ketones (excluding diaryl/α,β-unsaturated/α-hetero) is 1. The predicted molar refractivity (Wildman–Crippen MR) is 132 cm³/mol. The Morgan fingerprint density at radius 1 is 0.853 bits per heavy atom. The van der Waals surface area contributed by atoms with Crippen LogP contribution in [0.25, 0.3) is 5.69 Å². The lowest BCUT2D eigenvalue weighted by Gasteiger charge is -2.30. The van der Waals surface area contributed by atoms with Gasteiger partial charge < -0.3 is 9.30 Å². The van der Waals surface area contributed by atoms with Crippen LogP contribution in [-0.2, 0) is 11.2 Å². The van der Waals surface area contributed by atoms with Crippen molar-refractivity contribution in [1.29, 1.82) is 0 Å². The third-order valence-electron chi connectivity index (χ3n) is 6.34. The number of hydrogen-bond acceptors (Lipinski definition) is 3. The zero-order valence-electron chi connectivity index (χ0n) is 19.4. The Balaban J connectivity index is 1.70. The lowest BCUT2D eigenvalue weighted by molar-refractivity contribution is 0.0367. The maximum Gasteiger partial charge on any atom is 0.339 e. The zero-order valence-corrected chi connectivity index (χ0v) is 19.4. The standard InChI is InChI=1S/C30H27NO3/c1-30(2)19-26-24(27(32)20-30)18-25(31(26)23-16-10-5-11-17-23)28(21-12-6-3-7-13-21)34-29(33)22-14-8-4-9-15-22/h3-18,28H,19-20H2,1-2H3. The van der Waals surface area contributed by atoms with Crippen LogP contribution in [0.4, 0.5) is 0 Å². The highest BCUT2D eigenvalue weighted by Crippen LogP contribution is 2.41. The number of benzene rings is 3. The van der Waals surface area contributed by atoms with Crippen molar-refractivity contribution in [2.45, 2.75) is 32.8 Å². The summed E-state index contributed by atoms with van der Waals surface area (Å²) in [5.74, 6) is -0.275. The molecule has 4 nitrogen and oxygen atoms in total. The minimum atomic E-state index is -0.671. The Labute approximate surface area is 199 Å². The summed E-state index contributed by atoms with van der Waals surface area (Å²) < 4.78 is 8.28. The highest BCUT2D eigenvalue weighted by Gasteiger charge is 2.37. The number of ether oxygens (including phenoxy) is 1. The summed E-state index contributed by atoms with van der Waals surface area (Å²) in [5, 5.41) is 0. The van der Waals surface area contributed by atoms with Gasteiger partial charge in [-0.15, -0.1) is 0 Å². The Hall–Kier alpha value is -3.92. The van der Waals surface area contributed by atoms with Crippen LogP contribution >= 0.6 is 0 Å². The molecule has 5 rings (SSSR count). The van der Waals surface area contributed by atoms with Gasteiger partial charge in [-0.2, -0.15) is 0 Å². The fourth-order valence-corrected chi connectivity index (χ4v) is 4.78. The number of nitrogens with zero attached hydrogens (tertiary/aromatic N) is 1. The number of fused-ring (bicyclic) bond motifs is 1. The molecule has 34 heavy (non-hydrogen) atoms. The van der Waals surface area contributed by atoms with Gasteiger partial charge >= 0.3 is 5.97 Å². The molecule has 1 aliphatic carbocycles. The molecule has 1 heterocycles. The van der Waals surface area contributed by atoms with E-state index < -0.39 is 12.1 Å². The van der Waals surface area contributed by atoms with Crippen molar-refractivity contribution < 1.29 is 14.3 Å². The Morgan fingerprint density at radius 3 is 2.09 bits per heavy atom. The number of para-hydroxylation sites is 1. The molecule has 0 aliphatic heterocycles. The maximum absolute atomic E-state index is 13.2. The number of carbonyl (C=O) groups excluding carboxylic acids is 2. The molecule has 0 spiro atoms. The SMILES string of the molecule is CC1(C)CC(=O)c2cc(C(OC(=O)c3ccccc3)c3ccccc3)n(-c3ccccc3)c2C1. The Bertz CT molecular complexity index is 1320. The first-order chi connectivity index (χ1) is 16.4. The Kier molecular flexibility index (Phi) is 5.66. The van der Waals surface area contributed by atoms with Crippen LogP contribution in [0.5, 0.6) is 0 Å². The van der Waals surface area contributed by atoms with Gasteiger partial charge in [-0.3, -0.25) is 4.79 Å². The molecule has 0 fully saturated rings. The van der Waals surface area contributed by atoms with Crippen molar-refractivity contribution >= 4 is 11.8 Å². The van der Waals surface area contributed by atoms with Gasteiger partial charge in [0.1, 0.15) is 0 Å². The summed E-state index contributed by atoms with van der Waals surface area (Å²) in [6.07, 6.45) is 0.588. The summed E-state index contributed by atoms with van der Waals surface area (Å²) in [7, 11) is 0. The van der Waals surface area contributed by atoms with Crippen molar-refractivity contribution in [3.05, 3.63) is 125 Å². The number of rotatable bonds is 5. The lowest BCUT2D eigenvalue weighted by Crippen LogP contribution is -2.28. The van der Waals surface area contributed by atoms with Crippen LogP contribution in [0.15, 0.2) is 97.1 Å². The topological polar surface area (TPSA) is 48.3 Å². The summed E-state index contributed by atoms with van der Waals surface area (Å²) in [6, 6.07) is 30.6. The molecule has 0 radical (unpaired) electrons. The molecule has 0 bridgehead atoms. The van der Waals surface area contributed by atoms with Crippen LogP contribution in [0.1, 0.15) is 64.0 Å². The molecule has 0 N–H and O–H groups in total. The highest BCUT2D eigenvalue weighted by atomic mass is 16.5. The minimum absolute atomic E-state index is 0.128. The van der Waals surface area contributed by atoms with Crippen molar-refractivity contribution in [2.75, 3.05) is 0 Å². The Morgan fingerprint density at radius 2 is 1.44 bits per heavy atom. The lowest BCUT2D eigenvalue weighted by atomic mass is 9.76. The van der Waals surface area contributed by atoms with Crippen molar-refractivity contribution in [1.82, 2.24) is 4.57 Å². The number of esters is 1. The molecule has 1 atom stereocenters. The van der Waals surface area contributed by atoms with E-state index in [1.165, 1.54) is 0 Å². The number of carbonyl (C=O) groups is 2. The van der Waals surface area contributed by atoms with Gasteiger partial charge in [0.15, 0.2) is 11.9 Å². The molecular formula is C30H27NO3. The van der Waals surface area contributed by atoms with E-state index >= 15 is 0 Å². The predicted octanol–water partition coefficient (Wildman–Crippen LogP) is 6.58. The van der Waals surface area contributed by atoms with Gasteiger partial charge in [0.05, 0.1) is 11.3 Å². The van der Waals surface area contributed by atoms with E-state index in [-0.39, 0.29) is 11.2 Å². The number of hydrogen-bond donors (Lipinski definition) is 0. The van der Waals surface area contributed by atoms with E-state index in [1.54, 1.807) is 12.1 Å². The van der Waals surface area contributed by atoms with E-state index in [4.69, 9.17) is 4.74 Å². The van der Waals surface area contributed by atoms with Gasteiger partial charge in [-0.05, 0) is 47.7 Å². The first-order valence-electron chi connectivity index (χ1n) is 11.6. The first-order valence-corrected chi connectivity index (χ1v) is 11.6. The molecule has 0 saturated heterocycles. The van der Waals surface area contributed by atoms with E-state index in [0.29, 0.717) is 12.0 Å². The van der Waals surface area contributed by atoms with Gasteiger partial charge in [0.2, 0.25) is 0 Å². The van der Waals surface area contributed by atoms with Gasteiger partial charge in [0, 0.05) is 23.4 Å². The van der Waals surface area contributed by atoms with Crippen molar-refractivity contribution in [3.8, 4) is 5.69 Å². The molecule has 0 amide bonds. The monoisotopic (exact) mass is 449 g/mol. The molecule has 1 unspecified atom stereocenters. The third kappa shape index (κ3) is 4.19. The average molecular weight is 450 g/mol. The van der Waals surface area contributed by atoms with Gasteiger partial charge in [-0.25, -0.2) is 4.79 Å². The molecule has 3 aromatic carbocycles. The molecule has 4 aromatic rings. The fourth-order valence-electron chi connectivity index (χ4n) is 4.78. The van der Waals surface area contributed by atoms with E-state index in [0.717, 1.165) is 34.6 Å². The zero-order chi connectivity index (χ0) is 23.7. The molecule has 0 saturated carbocycles. The van der Waals surface area contributed by atoms with Gasteiger partial charge in [-0.1, -0.05) is 80.6 Å². The maximum atomic E-state index is 13.2. The molecule has 4 heteroatoms. The molecular weight excluding hydrogens is 422 g/mol. The smallest absolute Gasteiger partial charge is 0.339 e. The van der Waals surface area contributed by atoms with E-state index in [9.17, 15) is 9.59 Å². The van der Waals surface area contributed by atoms with Gasteiger partial charge in [0.25, 0.3) is 0 Å². The minimum Gasteiger partial charge on any atom is -0.447 e. The van der Waals surface area contributed by atoms with Crippen LogP contribution in [0, 0.1) is 5.41 Å². The molecule has 170 valence electrons. The van der Waals surface area contributed by atoms with Crippen LogP contribution in [0.3, 0.4) is 0 Å². The van der Waals surface area contributed by atoms with Crippen LogP contribution < -0.4 is 0 Å². The van der Waals surface area contributed by atoms with Crippen molar-refractivity contribution in [2.24, 2.45) is 5.41 Å². The quantitative estimate of drug-likeness (QED) is 0.323. The highest BCUT2D eigenvalue weighted by molar-refractivity contribution is 5.99. The number of ketones is 1.